The van der Waals surface area contributed by atoms with Gasteiger partial charge in [-0.15, -0.1) is 0 Å². The Morgan fingerprint density at radius 1 is 1.33 bits per heavy atom. The van der Waals surface area contributed by atoms with Gasteiger partial charge in [-0.25, -0.2) is 4.39 Å². The van der Waals surface area contributed by atoms with Crippen molar-refractivity contribution in [3.63, 3.8) is 0 Å². The number of morpholine rings is 1. The summed E-state index contributed by atoms with van der Waals surface area (Å²) in [4.78, 5) is 16.3. The number of ether oxygens (including phenoxy) is 1. The lowest BCUT2D eigenvalue weighted by Crippen LogP contribution is -2.49. The maximum Gasteiger partial charge on any atom is 0.227 e. The minimum absolute atomic E-state index is 0.0190. The molecule has 3 rings (SSSR count). The molecule has 2 aliphatic rings. The summed E-state index contributed by atoms with van der Waals surface area (Å²) < 4.78 is 18.5. The fraction of sp³-hybridized carbons (Fsp3) is 0.588. The summed E-state index contributed by atoms with van der Waals surface area (Å²) in [7, 11) is 0. The predicted octanol–water partition coefficient (Wildman–Crippen LogP) is 1.32. The lowest BCUT2D eigenvalue weighted by Gasteiger charge is -2.33. The average molecular weight is 357 g/mol. The van der Waals surface area contributed by atoms with Crippen LogP contribution in [0.5, 0.6) is 0 Å². The van der Waals surface area contributed by atoms with Crippen molar-refractivity contribution in [1.29, 1.82) is 0 Å². The lowest BCUT2D eigenvalue weighted by atomic mass is 10.0. The van der Waals surface area contributed by atoms with Crippen LogP contribution in [-0.2, 0) is 16.0 Å². The second kappa shape index (κ2) is 7.35. The number of aliphatic hydroxyl groups is 1. The normalized spacial score (nSPS) is 25.2. The minimum Gasteiger partial charge on any atom is -0.387 e. The number of hydrogen-bond acceptors (Lipinski definition) is 4. The van der Waals surface area contributed by atoms with Crippen molar-refractivity contribution in [3.8, 4) is 0 Å². The van der Waals surface area contributed by atoms with Gasteiger partial charge in [-0.2, -0.15) is 0 Å². The maximum absolute atomic E-state index is 13.2. The number of hydrogen-bond donors (Lipinski definition) is 1. The van der Waals surface area contributed by atoms with Crippen LogP contribution in [0.2, 0.25) is 5.02 Å². The van der Waals surface area contributed by atoms with Crippen LogP contribution in [0.25, 0.3) is 0 Å². The van der Waals surface area contributed by atoms with E-state index >= 15 is 0 Å². The highest BCUT2D eigenvalue weighted by Gasteiger charge is 2.39. The number of rotatable bonds is 4. The zero-order chi connectivity index (χ0) is 17.2. The van der Waals surface area contributed by atoms with E-state index in [-0.39, 0.29) is 17.4 Å². The molecule has 1 atom stereocenters. The number of carbonyl (C=O) groups excluding carboxylic acids is 1. The molecule has 0 saturated carbocycles. The zero-order valence-electron chi connectivity index (χ0n) is 13.5. The van der Waals surface area contributed by atoms with Crippen molar-refractivity contribution < 1.29 is 19.0 Å². The number of carbonyl (C=O) groups is 1. The van der Waals surface area contributed by atoms with Crippen molar-refractivity contribution in [2.75, 3.05) is 45.9 Å². The van der Waals surface area contributed by atoms with Crippen molar-refractivity contribution in [2.24, 2.45) is 0 Å². The molecule has 1 unspecified atom stereocenters. The SMILES string of the molecule is O=C(Cc1ccc(F)c(Cl)c1)N1CCC(O)(CN2CCOCC2)C1. The van der Waals surface area contributed by atoms with Crippen LogP contribution < -0.4 is 0 Å². The van der Waals surface area contributed by atoms with Crippen molar-refractivity contribution in [2.45, 2.75) is 18.4 Å². The van der Waals surface area contributed by atoms with Crippen LogP contribution in [-0.4, -0.2) is 72.4 Å². The van der Waals surface area contributed by atoms with Gasteiger partial charge >= 0.3 is 0 Å². The Bertz CT molecular complexity index is 609. The molecule has 1 N–H and O–H groups in total. The summed E-state index contributed by atoms with van der Waals surface area (Å²) in [6.07, 6.45) is 0.730. The third-order valence-electron chi connectivity index (χ3n) is 4.65. The highest BCUT2D eigenvalue weighted by atomic mass is 35.5. The van der Waals surface area contributed by atoms with Gasteiger partial charge in [-0.3, -0.25) is 9.69 Å². The highest BCUT2D eigenvalue weighted by molar-refractivity contribution is 6.30. The van der Waals surface area contributed by atoms with E-state index in [0.29, 0.717) is 44.8 Å². The van der Waals surface area contributed by atoms with Crippen LogP contribution >= 0.6 is 11.6 Å². The number of amides is 1. The number of benzene rings is 1. The highest BCUT2D eigenvalue weighted by Crippen LogP contribution is 2.24. The number of likely N-dealkylation sites (tertiary alicyclic amines) is 1. The van der Waals surface area contributed by atoms with Crippen molar-refractivity contribution >= 4 is 17.5 Å². The van der Waals surface area contributed by atoms with Gasteiger partial charge in [-0.1, -0.05) is 17.7 Å². The van der Waals surface area contributed by atoms with Crippen LogP contribution in [0.1, 0.15) is 12.0 Å². The fourth-order valence-corrected chi connectivity index (χ4v) is 3.51. The molecule has 0 bridgehead atoms. The second-order valence-corrected chi connectivity index (χ2v) is 7.01. The van der Waals surface area contributed by atoms with E-state index in [9.17, 15) is 14.3 Å². The standard InChI is InChI=1S/C17H22ClFN2O3/c18-14-9-13(1-2-15(14)19)10-16(22)21-4-3-17(23,12-21)11-20-5-7-24-8-6-20/h1-2,9,23H,3-8,10-12H2. The molecule has 0 radical (unpaired) electrons. The monoisotopic (exact) mass is 356 g/mol. The largest absolute Gasteiger partial charge is 0.387 e. The van der Waals surface area contributed by atoms with Gasteiger partial charge in [0.05, 0.1) is 36.8 Å². The summed E-state index contributed by atoms with van der Waals surface area (Å²) in [5.41, 5.74) is -0.192. The Balaban J connectivity index is 1.55. The third-order valence-corrected chi connectivity index (χ3v) is 4.94. The first-order chi connectivity index (χ1) is 11.5. The molecule has 1 aromatic rings. The number of β-amino-alcohol motifs (C(OH)–C–C–N with tert-alkyl or cyclic N) is 1. The van der Waals surface area contributed by atoms with Crippen LogP contribution in [0.3, 0.4) is 0 Å². The Labute approximate surface area is 145 Å². The van der Waals surface area contributed by atoms with Crippen molar-refractivity contribution in [3.05, 3.63) is 34.6 Å². The molecule has 2 fully saturated rings. The second-order valence-electron chi connectivity index (χ2n) is 6.60. The molecule has 0 aliphatic carbocycles. The molecule has 132 valence electrons. The number of halogens is 2. The predicted molar refractivity (Wildman–Crippen MR) is 88.5 cm³/mol. The molecular weight excluding hydrogens is 335 g/mol. The quantitative estimate of drug-likeness (QED) is 0.884. The molecular formula is C17H22ClFN2O3. The summed E-state index contributed by atoms with van der Waals surface area (Å²) in [5, 5.41) is 10.8. The lowest BCUT2D eigenvalue weighted by molar-refractivity contribution is -0.130. The summed E-state index contributed by atoms with van der Waals surface area (Å²) in [5.74, 6) is -0.565. The Morgan fingerprint density at radius 2 is 2.08 bits per heavy atom. The smallest absolute Gasteiger partial charge is 0.227 e. The van der Waals surface area contributed by atoms with Gasteiger partial charge in [0.15, 0.2) is 0 Å². The summed E-state index contributed by atoms with van der Waals surface area (Å²) in [6.45, 7) is 4.41. The summed E-state index contributed by atoms with van der Waals surface area (Å²) >= 11 is 5.76. The van der Waals surface area contributed by atoms with Crippen LogP contribution in [0.4, 0.5) is 4.39 Å². The van der Waals surface area contributed by atoms with Crippen molar-refractivity contribution in [1.82, 2.24) is 9.80 Å². The van der Waals surface area contributed by atoms with E-state index in [4.69, 9.17) is 16.3 Å². The molecule has 5 nitrogen and oxygen atoms in total. The van der Waals surface area contributed by atoms with Gasteiger partial charge in [0.2, 0.25) is 5.91 Å². The van der Waals surface area contributed by atoms with Gasteiger partial charge in [0.1, 0.15) is 5.82 Å². The third kappa shape index (κ3) is 4.25. The van der Waals surface area contributed by atoms with Gasteiger partial charge < -0.3 is 14.7 Å². The van der Waals surface area contributed by atoms with Gasteiger partial charge in [0.25, 0.3) is 0 Å². The van der Waals surface area contributed by atoms with Crippen LogP contribution in [0, 0.1) is 5.82 Å². The molecule has 7 heteroatoms. The first-order valence-corrected chi connectivity index (χ1v) is 8.57. The first-order valence-electron chi connectivity index (χ1n) is 8.19. The maximum atomic E-state index is 13.2. The molecule has 2 saturated heterocycles. The van der Waals surface area contributed by atoms with Crippen LogP contribution in [0.15, 0.2) is 18.2 Å². The average Bonchev–Trinajstić information content (AvgIpc) is 2.94. The first kappa shape index (κ1) is 17.6. The minimum atomic E-state index is -0.868. The van der Waals surface area contributed by atoms with E-state index in [1.165, 1.54) is 12.1 Å². The fourth-order valence-electron chi connectivity index (χ4n) is 3.31. The Kier molecular flexibility index (Phi) is 5.39. The van der Waals surface area contributed by atoms with E-state index in [1.54, 1.807) is 11.0 Å². The van der Waals surface area contributed by atoms with Gasteiger partial charge in [0, 0.05) is 26.2 Å². The Morgan fingerprint density at radius 3 is 2.79 bits per heavy atom. The van der Waals surface area contributed by atoms with Gasteiger partial charge in [-0.05, 0) is 24.1 Å². The molecule has 1 aromatic carbocycles. The molecule has 0 spiro atoms. The Hall–Kier alpha value is -1.21. The molecule has 2 aliphatic heterocycles. The number of nitrogens with zero attached hydrogens (tertiary/aromatic N) is 2. The van der Waals surface area contributed by atoms with E-state index in [1.807, 2.05) is 0 Å². The topological polar surface area (TPSA) is 53.0 Å². The molecule has 0 aromatic heterocycles. The molecule has 1 amide bonds. The van der Waals surface area contributed by atoms with E-state index < -0.39 is 11.4 Å². The summed E-state index contributed by atoms with van der Waals surface area (Å²) in [6, 6.07) is 4.31. The molecule has 24 heavy (non-hydrogen) atoms. The zero-order valence-corrected chi connectivity index (χ0v) is 14.3. The van der Waals surface area contributed by atoms with E-state index in [0.717, 1.165) is 13.1 Å². The van der Waals surface area contributed by atoms with E-state index in [2.05, 4.69) is 4.90 Å². The molecule has 2 heterocycles.